The molecule has 0 fully saturated rings. The summed E-state index contributed by atoms with van der Waals surface area (Å²) >= 11 is 0. The average molecular weight is 197 g/mol. The van der Waals surface area contributed by atoms with Gasteiger partial charge in [-0.25, -0.2) is 4.39 Å². The lowest BCUT2D eigenvalue weighted by atomic mass is 9.93. The number of aromatic hydroxyl groups is 1. The fraction of sp³-hybridized carbons (Fsp3) is 0.455. The minimum absolute atomic E-state index is 0.0219. The van der Waals surface area contributed by atoms with Crippen LogP contribution >= 0.6 is 0 Å². The van der Waals surface area contributed by atoms with Gasteiger partial charge >= 0.3 is 0 Å². The van der Waals surface area contributed by atoms with Gasteiger partial charge in [0.2, 0.25) is 0 Å². The van der Waals surface area contributed by atoms with Gasteiger partial charge in [-0.05, 0) is 33.0 Å². The number of halogens is 1. The number of hydrogen-bond acceptors (Lipinski definition) is 2. The van der Waals surface area contributed by atoms with Crippen molar-refractivity contribution in [3.05, 3.63) is 29.8 Å². The normalized spacial score (nSPS) is 15.1. The number of phenolic OH excluding ortho intramolecular Hbond substituents is 1. The number of phenols is 1. The first-order valence-electron chi connectivity index (χ1n) is 4.70. The van der Waals surface area contributed by atoms with Crippen LogP contribution in [0.1, 0.15) is 18.9 Å². The average Bonchev–Trinajstić information content (AvgIpc) is 2.15. The molecule has 3 heteroatoms. The number of rotatable bonds is 4. The lowest BCUT2D eigenvalue weighted by Gasteiger charge is -2.21. The maximum absolute atomic E-state index is 14.1. The van der Waals surface area contributed by atoms with Crippen LogP contribution in [-0.2, 0) is 5.67 Å². The van der Waals surface area contributed by atoms with Gasteiger partial charge in [-0.2, -0.15) is 0 Å². The highest BCUT2D eigenvalue weighted by Gasteiger charge is 2.27. The van der Waals surface area contributed by atoms with Crippen molar-refractivity contribution in [3.8, 4) is 5.75 Å². The molecular formula is C11H16FNO. The Kier molecular flexibility index (Phi) is 3.47. The van der Waals surface area contributed by atoms with Crippen LogP contribution in [0, 0.1) is 0 Å². The van der Waals surface area contributed by atoms with Gasteiger partial charge in [-0.3, -0.25) is 0 Å². The van der Waals surface area contributed by atoms with Gasteiger partial charge in [0.15, 0.2) is 0 Å². The molecule has 14 heavy (non-hydrogen) atoms. The number of nitrogens with one attached hydrogen (secondary N) is 1. The zero-order valence-corrected chi connectivity index (χ0v) is 8.55. The molecule has 1 aromatic carbocycles. The van der Waals surface area contributed by atoms with Gasteiger partial charge in [0.1, 0.15) is 11.4 Å². The number of benzene rings is 1. The van der Waals surface area contributed by atoms with Crippen molar-refractivity contribution in [1.29, 1.82) is 0 Å². The van der Waals surface area contributed by atoms with Crippen LogP contribution in [0.25, 0.3) is 0 Å². The van der Waals surface area contributed by atoms with Crippen molar-refractivity contribution in [3.63, 3.8) is 0 Å². The Morgan fingerprint density at radius 2 is 2.07 bits per heavy atom. The Labute approximate surface area is 83.8 Å². The molecule has 78 valence electrons. The Bertz CT molecular complexity index is 299. The molecule has 0 aliphatic heterocycles. The summed E-state index contributed by atoms with van der Waals surface area (Å²) < 4.78 is 14.1. The Morgan fingerprint density at radius 1 is 1.43 bits per heavy atom. The second-order valence-corrected chi connectivity index (χ2v) is 3.57. The molecule has 0 amide bonds. The second-order valence-electron chi connectivity index (χ2n) is 3.57. The molecule has 0 aliphatic rings. The van der Waals surface area contributed by atoms with Gasteiger partial charge in [0.05, 0.1) is 0 Å². The summed E-state index contributed by atoms with van der Waals surface area (Å²) in [6.45, 7) is 2.07. The number of alkyl halides is 1. The molecule has 2 nitrogen and oxygen atoms in total. The molecule has 0 radical (unpaired) electrons. The van der Waals surface area contributed by atoms with E-state index in [9.17, 15) is 9.50 Å². The van der Waals surface area contributed by atoms with E-state index in [2.05, 4.69) is 5.32 Å². The molecule has 1 atom stereocenters. The maximum Gasteiger partial charge on any atom is 0.138 e. The highest BCUT2D eigenvalue weighted by molar-refractivity contribution is 5.36. The molecule has 0 aromatic heterocycles. The summed E-state index contributed by atoms with van der Waals surface area (Å²) in [6.07, 6.45) is 0.348. The number of para-hydroxylation sites is 1. The molecule has 0 aliphatic carbocycles. The standard InChI is InChI=1S/C11H16FNO/c1-11(12,7-8-13-2)9-5-3-4-6-10(9)14/h3-6,13-14H,7-8H2,1-2H3. The predicted molar refractivity (Wildman–Crippen MR) is 55.1 cm³/mol. The SMILES string of the molecule is CNCCC(C)(F)c1ccccc1O. The van der Waals surface area contributed by atoms with Crippen molar-refractivity contribution in [2.75, 3.05) is 13.6 Å². The van der Waals surface area contributed by atoms with E-state index < -0.39 is 5.67 Å². The molecule has 1 rings (SSSR count). The fourth-order valence-corrected chi connectivity index (χ4v) is 1.41. The summed E-state index contributed by atoms with van der Waals surface area (Å²) in [6, 6.07) is 6.54. The maximum atomic E-state index is 14.1. The van der Waals surface area contributed by atoms with Gasteiger partial charge in [0.25, 0.3) is 0 Å². The van der Waals surface area contributed by atoms with Crippen LogP contribution < -0.4 is 5.32 Å². The van der Waals surface area contributed by atoms with E-state index in [-0.39, 0.29) is 5.75 Å². The third-order valence-corrected chi connectivity index (χ3v) is 2.31. The molecular weight excluding hydrogens is 181 g/mol. The smallest absolute Gasteiger partial charge is 0.138 e. The Morgan fingerprint density at radius 3 is 2.64 bits per heavy atom. The van der Waals surface area contributed by atoms with Crippen LogP contribution in [0.3, 0.4) is 0 Å². The first kappa shape index (κ1) is 11.0. The zero-order valence-electron chi connectivity index (χ0n) is 8.55. The monoisotopic (exact) mass is 197 g/mol. The van der Waals surface area contributed by atoms with E-state index >= 15 is 0 Å². The quantitative estimate of drug-likeness (QED) is 0.775. The Balaban J connectivity index is 2.86. The van der Waals surface area contributed by atoms with Gasteiger partial charge in [-0.15, -0.1) is 0 Å². The topological polar surface area (TPSA) is 32.3 Å². The minimum atomic E-state index is -1.48. The fourth-order valence-electron chi connectivity index (χ4n) is 1.41. The molecule has 1 unspecified atom stereocenters. The number of hydrogen-bond donors (Lipinski definition) is 2. The molecule has 0 saturated heterocycles. The van der Waals surface area contributed by atoms with E-state index in [4.69, 9.17) is 0 Å². The van der Waals surface area contributed by atoms with E-state index in [1.54, 1.807) is 25.2 Å². The first-order chi connectivity index (χ1) is 6.58. The zero-order chi connectivity index (χ0) is 10.6. The van der Waals surface area contributed by atoms with Crippen molar-refractivity contribution < 1.29 is 9.50 Å². The molecule has 0 spiro atoms. The van der Waals surface area contributed by atoms with E-state index in [0.29, 0.717) is 18.5 Å². The molecule has 1 aromatic rings. The van der Waals surface area contributed by atoms with E-state index in [1.807, 2.05) is 0 Å². The molecule has 2 N–H and O–H groups in total. The minimum Gasteiger partial charge on any atom is -0.508 e. The summed E-state index contributed by atoms with van der Waals surface area (Å²) in [5.74, 6) is 0.0219. The van der Waals surface area contributed by atoms with E-state index in [1.165, 1.54) is 13.0 Å². The molecule has 0 heterocycles. The van der Waals surface area contributed by atoms with Crippen molar-refractivity contribution in [1.82, 2.24) is 5.32 Å². The van der Waals surface area contributed by atoms with Gasteiger partial charge < -0.3 is 10.4 Å². The third kappa shape index (κ3) is 2.45. The van der Waals surface area contributed by atoms with Gasteiger partial charge in [-0.1, -0.05) is 18.2 Å². The van der Waals surface area contributed by atoms with Crippen LogP contribution in [0.5, 0.6) is 5.75 Å². The Hall–Kier alpha value is -1.09. The van der Waals surface area contributed by atoms with Crippen LogP contribution in [0.15, 0.2) is 24.3 Å². The first-order valence-corrected chi connectivity index (χ1v) is 4.70. The van der Waals surface area contributed by atoms with Crippen molar-refractivity contribution in [2.24, 2.45) is 0 Å². The van der Waals surface area contributed by atoms with Crippen molar-refractivity contribution >= 4 is 0 Å². The summed E-state index contributed by atoms with van der Waals surface area (Å²) in [7, 11) is 1.78. The summed E-state index contributed by atoms with van der Waals surface area (Å²) in [5, 5.41) is 12.4. The van der Waals surface area contributed by atoms with Crippen LogP contribution in [0.2, 0.25) is 0 Å². The summed E-state index contributed by atoms with van der Waals surface area (Å²) in [4.78, 5) is 0. The largest absolute Gasteiger partial charge is 0.508 e. The third-order valence-electron chi connectivity index (χ3n) is 2.31. The van der Waals surface area contributed by atoms with E-state index in [0.717, 1.165) is 0 Å². The second kappa shape index (κ2) is 4.42. The van der Waals surface area contributed by atoms with Crippen molar-refractivity contribution in [2.45, 2.75) is 19.0 Å². The van der Waals surface area contributed by atoms with Gasteiger partial charge in [0, 0.05) is 5.56 Å². The lowest BCUT2D eigenvalue weighted by Crippen LogP contribution is -2.22. The van der Waals surface area contributed by atoms with Crippen LogP contribution in [-0.4, -0.2) is 18.7 Å². The predicted octanol–water partition coefficient (Wildman–Crippen LogP) is 2.19. The van der Waals surface area contributed by atoms with Crippen LogP contribution in [0.4, 0.5) is 4.39 Å². The molecule has 0 saturated carbocycles. The molecule has 0 bridgehead atoms. The lowest BCUT2D eigenvalue weighted by molar-refractivity contribution is 0.172. The highest BCUT2D eigenvalue weighted by Crippen LogP contribution is 2.34. The highest BCUT2D eigenvalue weighted by atomic mass is 19.1. The summed E-state index contributed by atoms with van der Waals surface area (Å²) in [5.41, 5.74) is -1.12.